The molecule has 0 spiro atoms. The van der Waals surface area contributed by atoms with Gasteiger partial charge >= 0.3 is 0 Å². The Morgan fingerprint density at radius 2 is 1.84 bits per heavy atom. The van der Waals surface area contributed by atoms with Crippen LogP contribution in [0.15, 0.2) is 83.8 Å². The van der Waals surface area contributed by atoms with Gasteiger partial charge in [-0.2, -0.15) is 0 Å². The Bertz CT molecular complexity index is 1290. The summed E-state index contributed by atoms with van der Waals surface area (Å²) in [5.74, 6) is 1.28. The van der Waals surface area contributed by atoms with Gasteiger partial charge in [-0.15, -0.1) is 0 Å². The highest BCUT2D eigenvalue weighted by Crippen LogP contribution is 2.50. The van der Waals surface area contributed by atoms with Crippen LogP contribution in [-0.2, 0) is 10.0 Å². The second kappa shape index (κ2) is 8.19. The molecule has 1 heterocycles. The second-order valence-electron chi connectivity index (χ2n) is 8.08. The van der Waals surface area contributed by atoms with Crippen LogP contribution < -0.4 is 14.8 Å². The van der Waals surface area contributed by atoms with E-state index in [4.69, 9.17) is 16.3 Å². The van der Waals surface area contributed by atoms with Gasteiger partial charge in [-0.3, -0.25) is 4.72 Å². The van der Waals surface area contributed by atoms with Gasteiger partial charge in [0.1, 0.15) is 5.75 Å². The summed E-state index contributed by atoms with van der Waals surface area (Å²) in [6, 6.07) is 20.3. The van der Waals surface area contributed by atoms with Crippen LogP contribution in [0.4, 0.5) is 11.4 Å². The molecule has 1 aliphatic heterocycles. The van der Waals surface area contributed by atoms with Gasteiger partial charge in [-0.05, 0) is 65.9 Å². The molecular formula is C25H23ClN2O3S. The predicted molar refractivity (Wildman–Crippen MR) is 128 cm³/mol. The first-order valence-corrected chi connectivity index (χ1v) is 12.3. The smallest absolute Gasteiger partial charge is 0.261 e. The maximum Gasteiger partial charge on any atom is 0.261 e. The molecule has 0 fully saturated rings. The molecule has 7 heteroatoms. The fraction of sp³-hybridized carbons (Fsp3) is 0.200. The standard InChI is InChI=1S/C25H23ClN2O3S/c1-31-17-11-9-16(10-12-17)25-20-6-4-5-19(20)21-15-18(13-14-23(21)27-25)32(29,30)28-24-8-3-2-7-22(24)26/h2-5,7-15,19-20,25,27-28H,6H2,1H3/t19-,20+,25+/m0/s1. The Balaban J connectivity index is 1.48. The van der Waals surface area contributed by atoms with Gasteiger partial charge in [0.2, 0.25) is 0 Å². The Morgan fingerprint density at radius 1 is 1.06 bits per heavy atom. The number of hydrogen-bond acceptors (Lipinski definition) is 4. The Labute approximate surface area is 193 Å². The van der Waals surface area contributed by atoms with Crippen molar-refractivity contribution < 1.29 is 13.2 Å². The molecule has 0 amide bonds. The van der Waals surface area contributed by atoms with Crippen LogP contribution in [-0.4, -0.2) is 15.5 Å². The summed E-state index contributed by atoms with van der Waals surface area (Å²) < 4.78 is 34.0. The van der Waals surface area contributed by atoms with E-state index in [1.54, 1.807) is 43.5 Å². The number of fused-ring (bicyclic) bond motifs is 3. The Hall–Kier alpha value is -2.96. The van der Waals surface area contributed by atoms with Crippen molar-refractivity contribution in [1.82, 2.24) is 0 Å². The molecule has 0 bridgehead atoms. The quantitative estimate of drug-likeness (QED) is 0.454. The molecule has 32 heavy (non-hydrogen) atoms. The largest absolute Gasteiger partial charge is 0.497 e. The molecule has 2 aliphatic rings. The lowest BCUT2D eigenvalue weighted by atomic mass is 9.77. The summed E-state index contributed by atoms with van der Waals surface area (Å²) in [6.07, 6.45) is 5.31. The van der Waals surface area contributed by atoms with E-state index in [1.165, 1.54) is 5.56 Å². The van der Waals surface area contributed by atoms with Gasteiger partial charge in [-0.25, -0.2) is 8.42 Å². The molecule has 0 saturated heterocycles. The van der Waals surface area contributed by atoms with Crippen molar-refractivity contribution in [1.29, 1.82) is 0 Å². The predicted octanol–water partition coefficient (Wildman–Crippen LogP) is 5.98. The highest BCUT2D eigenvalue weighted by Gasteiger charge is 2.38. The van der Waals surface area contributed by atoms with Crippen LogP contribution in [0.2, 0.25) is 5.02 Å². The van der Waals surface area contributed by atoms with Crippen molar-refractivity contribution in [3.63, 3.8) is 0 Å². The minimum atomic E-state index is -3.77. The third kappa shape index (κ3) is 3.74. The van der Waals surface area contributed by atoms with Crippen molar-refractivity contribution >= 4 is 33.0 Å². The maximum atomic E-state index is 13.1. The molecule has 5 nitrogen and oxygen atoms in total. The second-order valence-corrected chi connectivity index (χ2v) is 10.2. The first-order valence-electron chi connectivity index (χ1n) is 10.4. The number of sulfonamides is 1. The highest BCUT2D eigenvalue weighted by molar-refractivity contribution is 7.92. The third-order valence-electron chi connectivity index (χ3n) is 6.24. The number of rotatable bonds is 5. The van der Waals surface area contributed by atoms with E-state index in [9.17, 15) is 8.42 Å². The summed E-state index contributed by atoms with van der Waals surface area (Å²) >= 11 is 6.15. The summed E-state index contributed by atoms with van der Waals surface area (Å²) in [7, 11) is -2.11. The number of allylic oxidation sites excluding steroid dienone is 2. The number of nitrogens with one attached hydrogen (secondary N) is 2. The zero-order valence-electron chi connectivity index (χ0n) is 17.5. The SMILES string of the molecule is COc1ccc([C@H]2Nc3ccc(S(=O)(=O)Nc4ccccc4Cl)cc3[C@H]3C=CC[C@H]32)cc1. The minimum Gasteiger partial charge on any atom is -0.497 e. The lowest BCUT2D eigenvalue weighted by Crippen LogP contribution is -2.29. The molecule has 1 aliphatic carbocycles. The summed E-state index contributed by atoms with van der Waals surface area (Å²) in [4.78, 5) is 0.222. The number of hydrogen-bond donors (Lipinski definition) is 2. The molecule has 0 radical (unpaired) electrons. The van der Waals surface area contributed by atoms with Crippen molar-refractivity contribution in [2.24, 2.45) is 5.92 Å². The fourth-order valence-electron chi connectivity index (χ4n) is 4.63. The third-order valence-corrected chi connectivity index (χ3v) is 7.93. The summed E-state index contributed by atoms with van der Waals surface area (Å²) in [5, 5.41) is 4.00. The summed E-state index contributed by atoms with van der Waals surface area (Å²) in [5.41, 5.74) is 3.50. The van der Waals surface area contributed by atoms with E-state index >= 15 is 0 Å². The molecule has 3 aromatic rings. The van der Waals surface area contributed by atoms with Crippen LogP contribution >= 0.6 is 11.6 Å². The van der Waals surface area contributed by atoms with E-state index < -0.39 is 10.0 Å². The van der Waals surface area contributed by atoms with Gasteiger partial charge in [0.15, 0.2) is 0 Å². The number of para-hydroxylation sites is 1. The molecule has 0 unspecified atom stereocenters. The van der Waals surface area contributed by atoms with Crippen molar-refractivity contribution in [3.8, 4) is 5.75 Å². The van der Waals surface area contributed by atoms with Crippen LogP contribution in [0, 0.1) is 5.92 Å². The summed E-state index contributed by atoms with van der Waals surface area (Å²) in [6.45, 7) is 0. The monoisotopic (exact) mass is 466 g/mol. The highest BCUT2D eigenvalue weighted by atomic mass is 35.5. The first kappa shape index (κ1) is 20.9. The molecular weight excluding hydrogens is 444 g/mol. The van der Waals surface area contributed by atoms with Crippen LogP contribution in [0.3, 0.4) is 0 Å². The van der Waals surface area contributed by atoms with Crippen molar-refractivity contribution in [3.05, 3.63) is 95.0 Å². The van der Waals surface area contributed by atoms with Gasteiger partial charge in [0.25, 0.3) is 10.0 Å². The van der Waals surface area contributed by atoms with E-state index in [0.717, 1.165) is 23.4 Å². The van der Waals surface area contributed by atoms with Crippen molar-refractivity contribution in [2.45, 2.75) is 23.3 Å². The lowest BCUT2D eigenvalue weighted by Gasteiger charge is -2.37. The van der Waals surface area contributed by atoms with E-state index in [0.29, 0.717) is 16.6 Å². The molecule has 2 N–H and O–H groups in total. The minimum absolute atomic E-state index is 0.136. The van der Waals surface area contributed by atoms with E-state index in [1.807, 2.05) is 18.2 Å². The fourth-order valence-corrected chi connectivity index (χ4v) is 5.98. The zero-order chi connectivity index (χ0) is 22.3. The van der Waals surface area contributed by atoms with E-state index in [-0.39, 0.29) is 16.9 Å². The van der Waals surface area contributed by atoms with Crippen LogP contribution in [0.1, 0.15) is 29.5 Å². The van der Waals surface area contributed by atoms with Gasteiger partial charge in [-0.1, -0.05) is 48.0 Å². The normalized spacial score (nSPS) is 21.4. The molecule has 5 rings (SSSR count). The van der Waals surface area contributed by atoms with Gasteiger partial charge in [0, 0.05) is 11.6 Å². The molecule has 3 atom stereocenters. The topological polar surface area (TPSA) is 67.4 Å². The Morgan fingerprint density at radius 3 is 2.59 bits per heavy atom. The number of ether oxygens (including phenoxy) is 1. The lowest BCUT2D eigenvalue weighted by molar-refractivity contribution is 0.411. The number of methoxy groups -OCH3 is 1. The van der Waals surface area contributed by atoms with Crippen molar-refractivity contribution in [2.75, 3.05) is 17.1 Å². The molecule has 3 aromatic carbocycles. The number of anilines is 2. The zero-order valence-corrected chi connectivity index (χ0v) is 19.0. The van der Waals surface area contributed by atoms with Gasteiger partial charge < -0.3 is 10.1 Å². The molecule has 164 valence electrons. The van der Waals surface area contributed by atoms with E-state index in [2.05, 4.69) is 34.3 Å². The molecule has 0 saturated carbocycles. The number of benzene rings is 3. The maximum absolute atomic E-state index is 13.1. The first-order chi connectivity index (χ1) is 15.5. The van der Waals surface area contributed by atoms with Crippen LogP contribution in [0.25, 0.3) is 0 Å². The average Bonchev–Trinajstić information content (AvgIpc) is 3.30. The van der Waals surface area contributed by atoms with Gasteiger partial charge in [0.05, 0.1) is 28.8 Å². The Kier molecular flexibility index (Phi) is 5.35. The number of halogens is 1. The average molecular weight is 467 g/mol. The molecule has 0 aromatic heterocycles. The van der Waals surface area contributed by atoms with Crippen LogP contribution in [0.5, 0.6) is 5.75 Å².